The number of halogens is 1. The Morgan fingerprint density at radius 3 is 1.94 bits per heavy atom. The molecule has 16 heavy (non-hydrogen) atoms. The summed E-state index contributed by atoms with van der Waals surface area (Å²) in [6, 6.07) is 10.4. The van der Waals surface area contributed by atoms with Crippen LogP contribution in [0.2, 0.25) is 0 Å². The standard InChI is InChI=1S/C14H19N.ClH/c1-3-10-14(12-15,11-4-2)13-8-6-5-7-9-13;/h3-9H,1-2,10-12,15H2;1H. The molecule has 0 bridgehead atoms. The van der Waals surface area contributed by atoms with Crippen LogP contribution in [0.25, 0.3) is 0 Å². The first kappa shape index (κ1) is 14.9. The van der Waals surface area contributed by atoms with E-state index < -0.39 is 0 Å². The molecular formula is C14H20ClN. The molecule has 0 radical (unpaired) electrons. The molecular weight excluding hydrogens is 218 g/mol. The zero-order valence-electron chi connectivity index (χ0n) is 9.56. The molecule has 2 N–H and O–H groups in total. The van der Waals surface area contributed by atoms with Crippen molar-refractivity contribution >= 4 is 12.4 Å². The van der Waals surface area contributed by atoms with Gasteiger partial charge in [-0.15, -0.1) is 25.6 Å². The molecule has 0 heterocycles. The highest BCUT2D eigenvalue weighted by molar-refractivity contribution is 5.85. The van der Waals surface area contributed by atoms with Gasteiger partial charge >= 0.3 is 0 Å². The summed E-state index contributed by atoms with van der Waals surface area (Å²) in [6.45, 7) is 8.24. The average molecular weight is 238 g/mol. The lowest BCUT2D eigenvalue weighted by Gasteiger charge is -2.31. The van der Waals surface area contributed by atoms with E-state index in [2.05, 4.69) is 25.3 Å². The van der Waals surface area contributed by atoms with Gasteiger partial charge < -0.3 is 5.73 Å². The number of hydrogen-bond donors (Lipinski definition) is 1. The Hall–Kier alpha value is -1.05. The van der Waals surface area contributed by atoms with Gasteiger partial charge in [-0.05, 0) is 18.4 Å². The smallest absolute Gasteiger partial charge is 0.0144 e. The summed E-state index contributed by atoms with van der Waals surface area (Å²) in [5, 5.41) is 0. The van der Waals surface area contributed by atoms with E-state index in [1.165, 1.54) is 5.56 Å². The molecule has 2 heteroatoms. The van der Waals surface area contributed by atoms with Crippen molar-refractivity contribution in [3.05, 3.63) is 61.2 Å². The van der Waals surface area contributed by atoms with Crippen LogP contribution in [0.4, 0.5) is 0 Å². The molecule has 0 fully saturated rings. The van der Waals surface area contributed by atoms with Crippen LogP contribution in [-0.4, -0.2) is 6.54 Å². The van der Waals surface area contributed by atoms with Gasteiger partial charge in [0.05, 0.1) is 0 Å². The predicted octanol–water partition coefficient (Wildman–Crippen LogP) is 3.46. The molecule has 0 amide bonds. The first-order valence-electron chi connectivity index (χ1n) is 5.26. The Labute approximate surface area is 104 Å². The second kappa shape index (κ2) is 7.26. The Kier molecular flexibility index (Phi) is 6.78. The van der Waals surface area contributed by atoms with Gasteiger partial charge in [-0.1, -0.05) is 42.5 Å². The van der Waals surface area contributed by atoms with Crippen LogP contribution in [0.3, 0.4) is 0 Å². The van der Waals surface area contributed by atoms with Crippen molar-refractivity contribution in [2.24, 2.45) is 5.73 Å². The van der Waals surface area contributed by atoms with Crippen LogP contribution in [0.15, 0.2) is 55.6 Å². The van der Waals surface area contributed by atoms with Gasteiger partial charge in [0.1, 0.15) is 0 Å². The van der Waals surface area contributed by atoms with Crippen molar-refractivity contribution in [2.75, 3.05) is 6.54 Å². The Morgan fingerprint density at radius 2 is 1.56 bits per heavy atom. The van der Waals surface area contributed by atoms with E-state index in [0.29, 0.717) is 6.54 Å². The fraction of sp³-hybridized carbons (Fsp3) is 0.286. The van der Waals surface area contributed by atoms with Gasteiger partial charge in [-0.2, -0.15) is 0 Å². The van der Waals surface area contributed by atoms with E-state index in [1.807, 2.05) is 30.4 Å². The number of rotatable bonds is 6. The molecule has 1 nitrogen and oxygen atoms in total. The minimum atomic E-state index is -0.0231. The lowest BCUT2D eigenvalue weighted by Crippen LogP contribution is -2.34. The van der Waals surface area contributed by atoms with Crippen molar-refractivity contribution in [2.45, 2.75) is 18.3 Å². The summed E-state index contributed by atoms with van der Waals surface area (Å²) < 4.78 is 0. The zero-order valence-corrected chi connectivity index (χ0v) is 10.4. The number of allylic oxidation sites excluding steroid dienone is 2. The maximum atomic E-state index is 5.92. The molecule has 1 rings (SSSR count). The summed E-state index contributed by atoms with van der Waals surface area (Å²) in [5.74, 6) is 0. The molecule has 0 aliphatic rings. The zero-order chi connectivity index (χ0) is 11.1. The van der Waals surface area contributed by atoms with Gasteiger partial charge in [0.25, 0.3) is 0 Å². The first-order valence-corrected chi connectivity index (χ1v) is 5.26. The van der Waals surface area contributed by atoms with E-state index in [1.54, 1.807) is 0 Å². The van der Waals surface area contributed by atoms with Crippen molar-refractivity contribution in [3.63, 3.8) is 0 Å². The largest absolute Gasteiger partial charge is 0.330 e. The van der Waals surface area contributed by atoms with Crippen molar-refractivity contribution in [3.8, 4) is 0 Å². The Bertz CT molecular complexity index is 309. The third-order valence-electron chi connectivity index (χ3n) is 2.85. The van der Waals surface area contributed by atoms with Crippen LogP contribution >= 0.6 is 12.4 Å². The van der Waals surface area contributed by atoms with Gasteiger partial charge in [0.15, 0.2) is 0 Å². The third kappa shape index (κ3) is 3.22. The minimum absolute atomic E-state index is 0. The lowest BCUT2D eigenvalue weighted by atomic mass is 9.75. The summed E-state index contributed by atoms with van der Waals surface area (Å²) >= 11 is 0. The average Bonchev–Trinajstić information content (AvgIpc) is 2.30. The van der Waals surface area contributed by atoms with E-state index in [9.17, 15) is 0 Å². The van der Waals surface area contributed by atoms with E-state index in [-0.39, 0.29) is 17.8 Å². The highest BCUT2D eigenvalue weighted by Crippen LogP contribution is 2.31. The molecule has 0 saturated heterocycles. The maximum absolute atomic E-state index is 5.92. The SMILES string of the molecule is C=CCC(CN)(CC=C)c1ccccc1.Cl. The number of benzene rings is 1. The molecule has 0 aliphatic heterocycles. The summed E-state index contributed by atoms with van der Waals surface area (Å²) in [5.41, 5.74) is 7.16. The van der Waals surface area contributed by atoms with Crippen molar-refractivity contribution < 1.29 is 0 Å². The van der Waals surface area contributed by atoms with Crippen LogP contribution < -0.4 is 5.73 Å². The second-order valence-electron chi connectivity index (χ2n) is 3.84. The molecule has 0 spiro atoms. The third-order valence-corrected chi connectivity index (χ3v) is 2.85. The summed E-state index contributed by atoms with van der Waals surface area (Å²) in [7, 11) is 0. The monoisotopic (exact) mass is 237 g/mol. The van der Waals surface area contributed by atoms with Crippen LogP contribution in [0.1, 0.15) is 18.4 Å². The lowest BCUT2D eigenvalue weighted by molar-refractivity contribution is 0.448. The van der Waals surface area contributed by atoms with Crippen LogP contribution in [0, 0.1) is 0 Å². The topological polar surface area (TPSA) is 26.0 Å². The van der Waals surface area contributed by atoms with Crippen LogP contribution in [0.5, 0.6) is 0 Å². The highest BCUT2D eigenvalue weighted by Gasteiger charge is 2.27. The molecule has 1 aromatic rings. The van der Waals surface area contributed by atoms with E-state index >= 15 is 0 Å². The van der Waals surface area contributed by atoms with Gasteiger partial charge in [-0.3, -0.25) is 0 Å². The normalized spacial score (nSPS) is 10.3. The molecule has 0 saturated carbocycles. The highest BCUT2D eigenvalue weighted by atomic mass is 35.5. The van der Waals surface area contributed by atoms with Gasteiger partial charge in [-0.25, -0.2) is 0 Å². The molecule has 0 atom stereocenters. The van der Waals surface area contributed by atoms with Crippen molar-refractivity contribution in [1.29, 1.82) is 0 Å². The minimum Gasteiger partial charge on any atom is -0.330 e. The van der Waals surface area contributed by atoms with Gasteiger partial charge in [0.2, 0.25) is 0 Å². The number of nitrogens with two attached hydrogens (primary N) is 1. The number of hydrogen-bond acceptors (Lipinski definition) is 1. The molecule has 0 unspecified atom stereocenters. The van der Waals surface area contributed by atoms with Crippen LogP contribution in [-0.2, 0) is 5.41 Å². The van der Waals surface area contributed by atoms with E-state index in [4.69, 9.17) is 5.73 Å². The fourth-order valence-electron chi connectivity index (χ4n) is 1.95. The predicted molar refractivity (Wildman–Crippen MR) is 74.1 cm³/mol. The maximum Gasteiger partial charge on any atom is 0.0144 e. The fourth-order valence-corrected chi connectivity index (χ4v) is 1.95. The molecule has 1 aromatic carbocycles. The first-order chi connectivity index (χ1) is 7.29. The Morgan fingerprint density at radius 1 is 1.06 bits per heavy atom. The quantitative estimate of drug-likeness (QED) is 0.754. The van der Waals surface area contributed by atoms with Gasteiger partial charge in [0, 0.05) is 12.0 Å². The summed E-state index contributed by atoms with van der Waals surface area (Å²) in [6.07, 6.45) is 5.64. The van der Waals surface area contributed by atoms with E-state index in [0.717, 1.165) is 12.8 Å². The summed E-state index contributed by atoms with van der Waals surface area (Å²) in [4.78, 5) is 0. The molecule has 0 aromatic heterocycles. The second-order valence-corrected chi connectivity index (χ2v) is 3.84. The molecule has 88 valence electrons. The van der Waals surface area contributed by atoms with Crippen molar-refractivity contribution in [1.82, 2.24) is 0 Å². The molecule has 0 aliphatic carbocycles. The Balaban J connectivity index is 0.00000225.